The summed E-state index contributed by atoms with van der Waals surface area (Å²) in [6.45, 7) is 7.82. The highest BCUT2D eigenvalue weighted by atomic mass is 32.2. The molecule has 0 radical (unpaired) electrons. The number of ketones is 1. The van der Waals surface area contributed by atoms with Crippen LogP contribution in [0.3, 0.4) is 0 Å². The smallest absolute Gasteiger partial charge is 0.150 e. The molecule has 3 nitrogen and oxygen atoms in total. The Morgan fingerprint density at radius 1 is 1.25 bits per heavy atom. The van der Waals surface area contributed by atoms with E-state index < -0.39 is 9.84 Å². The number of sulfone groups is 1. The molecule has 0 spiro atoms. The zero-order valence-electron chi connectivity index (χ0n) is 10.6. The van der Waals surface area contributed by atoms with Crippen LogP contribution in [-0.4, -0.2) is 36.2 Å². The monoisotopic (exact) mass is 266 g/mol. The largest absolute Gasteiger partial charge is 0.299 e. The van der Waals surface area contributed by atoms with Crippen LogP contribution in [0.5, 0.6) is 0 Å². The molecule has 0 aliphatic carbocycles. The molecule has 0 fully saturated rings. The third-order valence-electron chi connectivity index (χ3n) is 2.02. The van der Waals surface area contributed by atoms with Gasteiger partial charge < -0.3 is 0 Å². The third-order valence-corrected chi connectivity index (χ3v) is 5.14. The van der Waals surface area contributed by atoms with Gasteiger partial charge in [0.1, 0.15) is 15.6 Å². The number of carbonyl (C=O) groups excluding carboxylic acids is 1. The number of rotatable bonds is 7. The minimum absolute atomic E-state index is 0.0884. The molecule has 0 saturated heterocycles. The van der Waals surface area contributed by atoms with E-state index in [4.69, 9.17) is 0 Å². The molecule has 0 aromatic heterocycles. The first-order chi connectivity index (χ1) is 7.16. The Morgan fingerprint density at radius 3 is 2.25 bits per heavy atom. The van der Waals surface area contributed by atoms with Crippen molar-refractivity contribution >= 4 is 27.4 Å². The summed E-state index contributed by atoms with van der Waals surface area (Å²) < 4.78 is 22.5. The van der Waals surface area contributed by atoms with E-state index in [0.29, 0.717) is 18.6 Å². The zero-order valence-corrected chi connectivity index (χ0v) is 12.2. The van der Waals surface area contributed by atoms with Gasteiger partial charge in [-0.25, -0.2) is 8.42 Å². The van der Waals surface area contributed by atoms with Crippen molar-refractivity contribution in [1.82, 2.24) is 0 Å². The normalized spacial score (nSPS) is 12.8. The Hall–Kier alpha value is -0.0300. The topological polar surface area (TPSA) is 51.2 Å². The molecule has 0 rings (SSSR count). The summed E-state index contributed by atoms with van der Waals surface area (Å²) in [7, 11) is -2.92. The summed E-state index contributed by atoms with van der Waals surface area (Å²) in [6, 6.07) is 0. The second-order valence-corrected chi connectivity index (χ2v) is 9.05. The molecule has 0 bridgehead atoms. The van der Waals surface area contributed by atoms with Gasteiger partial charge in [0, 0.05) is 16.9 Å². The minimum atomic E-state index is -2.92. The standard InChI is InChI=1S/C11H22O3S2/c1-5-16(13,14)8-6-7-10(12)9-15-11(2,3)4/h5-9H2,1-4H3. The highest BCUT2D eigenvalue weighted by molar-refractivity contribution is 8.01. The van der Waals surface area contributed by atoms with E-state index >= 15 is 0 Å². The van der Waals surface area contributed by atoms with Crippen molar-refractivity contribution in [3.63, 3.8) is 0 Å². The van der Waals surface area contributed by atoms with Crippen molar-refractivity contribution < 1.29 is 13.2 Å². The van der Waals surface area contributed by atoms with Gasteiger partial charge in [-0.05, 0) is 6.42 Å². The molecule has 0 unspecified atom stereocenters. The van der Waals surface area contributed by atoms with Crippen molar-refractivity contribution in [3.8, 4) is 0 Å². The first kappa shape index (κ1) is 16.0. The molecule has 0 amide bonds. The number of hydrogen-bond donors (Lipinski definition) is 0. The van der Waals surface area contributed by atoms with Crippen molar-refractivity contribution in [1.29, 1.82) is 0 Å². The molecular formula is C11H22O3S2. The van der Waals surface area contributed by atoms with Crippen molar-refractivity contribution in [3.05, 3.63) is 0 Å². The molecule has 96 valence electrons. The van der Waals surface area contributed by atoms with E-state index in [1.54, 1.807) is 18.7 Å². The Kier molecular flexibility index (Phi) is 6.63. The maximum absolute atomic E-state index is 11.4. The molecule has 0 heterocycles. The van der Waals surface area contributed by atoms with Crippen molar-refractivity contribution in [2.75, 3.05) is 17.3 Å². The number of thioether (sulfide) groups is 1. The van der Waals surface area contributed by atoms with Gasteiger partial charge in [0.15, 0.2) is 0 Å². The quantitative estimate of drug-likeness (QED) is 0.709. The number of carbonyl (C=O) groups is 1. The number of hydrogen-bond acceptors (Lipinski definition) is 4. The first-order valence-corrected chi connectivity index (χ1v) is 8.33. The lowest BCUT2D eigenvalue weighted by Crippen LogP contribution is -2.14. The van der Waals surface area contributed by atoms with Gasteiger partial charge >= 0.3 is 0 Å². The summed E-state index contributed by atoms with van der Waals surface area (Å²) in [5.41, 5.74) is 0. The maximum atomic E-state index is 11.4. The van der Waals surface area contributed by atoms with E-state index in [1.165, 1.54) is 0 Å². The summed E-state index contributed by atoms with van der Waals surface area (Å²) in [4.78, 5) is 11.4. The van der Waals surface area contributed by atoms with E-state index in [2.05, 4.69) is 20.8 Å². The SMILES string of the molecule is CCS(=O)(=O)CCCC(=O)CSC(C)(C)C. The second-order valence-electron chi connectivity index (χ2n) is 4.78. The van der Waals surface area contributed by atoms with E-state index in [0.717, 1.165) is 0 Å². The molecule has 5 heteroatoms. The molecular weight excluding hydrogens is 244 g/mol. The molecule has 0 saturated carbocycles. The summed E-state index contributed by atoms with van der Waals surface area (Å²) >= 11 is 1.61. The third kappa shape index (κ3) is 9.21. The van der Waals surface area contributed by atoms with Crippen LogP contribution in [0.15, 0.2) is 0 Å². The van der Waals surface area contributed by atoms with Crippen LogP contribution in [0, 0.1) is 0 Å². The average molecular weight is 266 g/mol. The van der Waals surface area contributed by atoms with Gasteiger partial charge in [0.05, 0.1) is 11.5 Å². The summed E-state index contributed by atoms with van der Waals surface area (Å²) in [5, 5.41) is 0. The molecule has 0 aromatic rings. The predicted molar refractivity (Wildman–Crippen MR) is 70.8 cm³/mol. The Bertz CT molecular complexity index is 313. The fraction of sp³-hybridized carbons (Fsp3) is 0.909. The van der Waals surface area contributed by atoms with Gasteiger partial charge in [0.25, 0.3) is 0 Å². The summed E-state index contributed by atoms with van der Waals surface area (Å²) in [5.74, 6) is 0.925. The molecule has 16 heavy (non-hydrogen) atoms. The highest BCUT2D eigenvalue weighted by Gasteiger charge is 2.14. The van der Waals surface area contributed by atoms with Crippen LogP contribution in [0.2, 0.25) is 0 Å². The fourth-order valence-electron chi connectivity index (χ4n) is 1.00. The van der Waals surface area contributed by atoms with Gasteiger partial charge in [-0.1, -0.05) is 27.7 Å². The van der Waals surface area contributed by atoms with Crippen LogP contribution in [0.1, 0.15) is 40.5 Å². The van der Waals surface area contributed by atoms with Gasteiger partial charge in [0.2, 0.25) is 0 Å². The van der Waals surface area contributed by atoms with E-state index in [-0.39, 0.29) is 22.0 Å². The fourth-order valence-corrected chi connectivity index (χ4v) is 2.61. The van der Waals surface area contributed by atoms with Crippen LogP contribution < -0.4 is 0 Å². The molecule has 0 N–H and O–H groups in total. The number of Topliss-reactive ketones (excluding diaryl/α,β-unsaturated/α-hetero) is 1. The Balaban J connectivity index is 3.76. The molecule has 0 aliphatic heterocycles. The molecule has 0 aromatic carbocycles. The van der Waals surface area contributed by atoms with Crippen LogP contribution in [-0.2, 0) is 14.6 Å². The first-order valence-electron chi connectivity index (χ1n) is 5.52. The lowest BCUT2D eigenvalue weighted by atomic mass is 10.2. The van der Waals surface area contributed by atoms with Crippen LogP contribution in [0.25, 0.3) is 0 Å². The lowest BCUT2D eigenvalue weighted by molar-refractivity contribution is -0.116. The zero-order chi connectivity index (χ0) is 12.8. The van der Waals surface area contributed by atoms with Crippen LogP contribution in [0.4, 0.5) is 0 Å². The predicted octanol–water partition coefficient (Wildman–Crippen LogP) is 2.30. The van der Waals surface area contributed by atoms with Gasteiger partial charge in [-0.15, -0.1) is 11.8 Å². The van der Waals surface area contributed by atoms with Gasteiger partial charge in [-0.3, -0.25) is 4.79 Å². The minimum Gasteiger partial charge on any atom is -0.299 e. The van der Waals surface area contributed by atoms with Crippen LogP contribution >= 0.6 is 11.8 Å². The van der Waals surface area contributed by atoms with E-state index in [1.807, 2.05) is 0 Å². The Morgan fingerprint density at radius 2 is 1.81 bits per heavy atom. The molecule has 0 aliphatic rings. The lowest BCUT2D eigenvalue weighted by Gasteiger charge is -2.16. The summed E-state index contributed by atoms with van der Waals surface area (Å²) in [6.07, 6.45) is 0.835. The van der Waals surface area contributed by atoms with Crippen molar-refractivity contribution in [2.45, 2.75) is 45.3 Å². The van der Waals surface area contributed by atoms with Crippen molar-refractivity contribution in [2.24, 2.45) is 0 Å². The Labute approximate surface area is 103 Å². The average Bonchev–Trinajstić information content (AvgIpc) is 2.13. The van der Waals surface area contributed by atoms with Gasteiger partial charge in [-0.2, -0.15) is 0 Å². The highest BCUT2D eigenvalue weighted by Crippen LogP contribution is 2.23. The maximum Gasteiger partial charge on any atom is 0.150 e. The van der Waals surface area contributed by atoms with E-state index in [9.17, 15) is 13.2 Å². The molecule has 0 atom stereocenters. The second kappa shape index (κ2) is 6.64.